The van der Waals surface area contributed by atoms with Crippen molar-refractivity contribution in [3.05, 3.63) is 46.9 Å². The highest BCUT2D eigenvalue weighted by Gasteiger charge is 2.20. The van der Waals surface area contributed by atoms with Gasteiger partial charge in [0.15, 0.2) is 5.76 Å². The van der Waals surface area contributed by atoms with Crippen molar-refractivity contribution in [2.24, 2.45) is 0 Å². The average Bonchev–Trinajstić information content (AvgIpc) is 2.99. The number of nitrogens with one attached hydrogen (secondary N) is 1. The summed E-state index contributed by atoms with van der Waals surface area (Å²) in [5.74, 6) is -0.810. The number of hydrogen-bond donors (Lipinski definition) is 2. The van der Waals surface area contributed by atoms with E-state index in [0.717, 1.165) is 12.0 Å². The van der Waals surface area contributed by atoms with E-state index >= 15 is 0 Å². The summed E-state index contributed by atoms with van der Waals surface area (Å²) < 4.78 is 11.0. The zero-order valence-electron chi connectivity index (χ0n) is 14.0. The van der Waals surface area contributed by atoms with Gasteiger partial charge in [0, 0.05) is 12.5 Å². The van der Waals surface area contributed by atoms with Crippen LogP contribution in [0.2, 0.25) is 0 Å². The van der Waals surface area contributed by atoms with E-state index in [1.807, 2.05) is 26.0 Å². The predicted octanol–water partition coefficient (Wildman–Crippen LogP) is 3.89. The fourth-order valence-electron chi connectivity index (χ4n) is 2.23. The zero-order chi connectivity index (χ0) is 17.7. The van der Waals surface area contributed by atoms with Gasteiger partial charge in [0.2, 0.25) is 0 Å². The second-order valence-corrected chi connectivity index (χ2v) is 5.41. The van der Waals surface area contributed by atoms with Crippen LogP contribution >= 0.6 is 0 Å². The van der Waals surface area contributed by atoms with Crippen LogP contribution in [0.1, 0.15) is 52.5 Å². The number of carboxylic acids is 1. The molecule has 0 saturated heterocycles. The summed E-state index contributed by atoms with van der Waals surface area (Å²) >= 11 is 0. The van der Waals surface area contributed by atoms with Crippen molar-refractivity contribution in [3.63, 3.8) is 0 Å². The van der Waals surface area contributed by atoms with Gasteiger partial charge in [-0.1, -0.05) is 19.9 Å². The highest BCUT2D eigenvalue weighted by atomic mass is 16.5. The van der Waals surface area contributed by atoms with E-state index in [2.05, 4.69) is 5.32 Å². The Labute approximate surface area is 140 Å². The molecule has 2 rings (SSSR count). The first-order valence-electron chi connectivity index (χ1n) is 7.87. The van der Waals surface area contributed by atoms with Gasteiger partial charge in [0.1, 0.15) is 17.1 Å². The minimum atomic E-state index is -1.11. The quantitative estimate of drug-likeness (QED) is 0.803. The molecule has 0 saturated carbocycles. The summed E-state index contributed by atoms with van der Waals surface area (Å²) in [5, 5.41) is 11.9. The summed E-state index contributed by atoms with van der Waals surface area (Å²) in [6.07, 6.45) is 1.24. The number of furan rings is 1. The van der Waals surface area contributed by atoms with E-state index in [9.17, 15) is 9.59 Å². The van der Waals surface area contributed by atoms with Crippen LogP contribution in [-0.4, -0.2) is 23.6 Å². The number of ether oxygens (including phenoxy) is 1. The largest absolute Gasteiger partial charge is 0.491 e. The first kappa shape index (κ1) is 17.6. The molecule has 1 heterocycles. The second kappa shape index (κ2) is 7.68. The van der Waals surface area contributed by atoms with Crippen molar-refractivity contribution in [2.45, 2.75) is 33.6 Å². The summed E-state index contributed by atoms with van der Waals surface area (Å²) in [7, 11) is 0. The topological polar surface area (TPSA) is 88.8 Å². The summed E-state index contributed by atoms with van der Waals surface area (Å²) in [5.41, 5.74) is 1.54. The number of rotatable bonds is 7. The molecule has 0 atom stereocenters. The molecule has 0 aliphatic carbocycles. The molecule has 24 heavy (non-hydrogen) atoms. The fraction of sp³-hybridized carbons (Fsp3) is 0.333. The number of carbonyl (C=O) groups excluding carboxylic acids is 1. The summed E-state index contributed by atoms with van der Waals surface area (Å²) in [6, 6.07) is 6.70. The molecule has 1 aromatic carbocycles. The number of aryl methyl sites for hydroxylation is 2. The van der Waals surface area contributed by atoms with Crippen LogP contribution in [0, 0.1) is 6.92 Å². The first-order valence-corrected chi connectivity index (χ1v) is 7.87. The Morgan fingerprint density at radius 1 is 1.25 bits per heavy atom. The van der Waals surface area contributed by atoms with Crippen LogP contribution in [0.25, 0.3) is 0 Å². The molecule has 1 amide bonds. The lowest BCUT2D eigenvalue weighted by molar-refractivity contribution is 0.0694. The van der Waals surface area contributed by atoms with Gasteiger partial charge in [-0.2, -0.15) is 0 Å². The lowest BCUT2D eigenvalue weighted by Crippen LogP contribution is -2.12. The van der Waals surface area contributed by atoms with Gasteiger partial charge >= 0.3 is 5.97 Å². The standard InChI is InChI=1S/C18H21NO5/c1-4-8-23-15-9-11(3)6-7-13(15)19-17(20)16-10-12(18(21)22)14(5-2)24-16/h6-7,9-10H,4-5,8H2,1-3H3,(H,19,20)(H,21,22). The number of benzene rings is 1. The van der Waals surface area contributed by atoms with Gasteiger partial charge < -0.3 is 19.6 Å². The smallest absolute Gasteiger partial charge is 0.339 e. The molecular weight excluding hydrogens is 310 g/mol. The number of aromatic carboxylic acids is 1. The predicted molar refractivity (Wildman–Crippen MR) is 90.0 cm³/mol. The van der Waals surface area contributed by atoms with E-state index in [1.165, 1.54) is 6.07 Å². The monoisotopic (exact) mass is 331 g/mol. The van der Waals surface area contributed by atoms with E-state index in [1.54, 1.807) is 13.0 Å². The molecule has 2 aromatic rings. The number of carbonyl (C=O) groups is 2. The van der Waals surface area contributed by atoms with Gasteiger partial charge in [0.05, 0.1) is 12.3 Å². The molecule has 0 aliphatic heterocycles. The third-order valence-corrected chi connectivity index (χ3v) is 3.43. The number of anilines is 1. The third-order valence-electron chi connectivity index (χ3n) is 3.43. The maximum atomic E-state index is 12.4. The molecule has 6 nitrogen and oxygen atoms in total. The minimum absolute atomic E-state index is 0.00834. The molecule has 0 bridgehead atoms. The number of amides is 1. The Balaban J connectivity index is 2.25. The third kappa shape index (κ3) is 3.95. The van der Waals surface area contributed by atoms with Crippen LogP contribution in [-0.2, 0) is 6.42 Å². The molecule has 0 unspecified atom stereocenters. The SMILES string of the molecule is CCCOc1cc(C)ccc1NC(=O)c1cc(C(=O)O)c(CC)o1. The molecule has 0 spiro atoms. The molecule has 2 N–H and O–H groups in total. The highest BCUT2D eigenvalue weighted by molar-refractivity contribution is 6.04. The average molecular weight is 331 g/mol. The van der Waals surface area contributed by atoms with Gasteiger partial charge in [-0.3, -0.25) is 4.79 Å². The first-order chi connectivity index (χ1) is 11.5. The Morgan fingerprint density at radius 3 is 2.58 bits per heavy atom. The summed E-state index contributed by atoms with van der Waals surface area (Å²) in [4.78, 5) is 23.5. The van der Waals surface area contributed by atoms with Gasteiger partial charge in [-0.05, 0) is 31.0 Å². The van der Waals surface area contributed by atoms with E-state index in [0.29, 0.717) is 24.5 Å². The number of carboxylic acid groups (broad SMARTS) is 1. The van der Waals surface area contributed by atoms with Crippen molar-refractivity contribution >= 4 is 17.6 Å². The molecule has 0 aliphatic rings. The Morgan fingerprint density at radius 2 is 2.00 bits per heavy atom. The van der Waals surface area contributed by atoms with Crippen molar-refractivity contribution in [1.82, 2.24) is 0 Å². The van der Waals surface area contributed by atoms with Crippen LogP contribution in [0.3, 0.4) is 0 Å². The Hall–Kier alpha value is -2.76. The second-order valence-electron chi connectivity index (χ2n) is 5.41. The van der Waals surface area contributed by atoms with Crippen molar-refractivity contribution in [2.75, 3.05) is 11.9 Å². The fourth-order valence-corrected chi connectivity index (χ4v) is 2.23. The Bertz CT molecular complexity index is 748. The maximum absolute atomic E-state index is 12.4. The maximum Gasteiger partial charge on any atom is 0.339 e. The highest BCUT2D eigenvalue weighted by Crippen LogP contribution is 2.27. The van der Waals surface area contributed by atoms with Crippen molar-refractivity contribution in [1.29, 1.82) is 0 Å². The lowest BCUT2D eigenvalue weighted by Gasteiger charge is -2.12. The molecule has 128 valence electrons. The van der Waals surface area contributed by atoms with Crippen LogP contribution in [0.15, 0.2) is 28.7 Å². The van der Waals surface area contributed by atoms with E-state index in [-0.39, 0.29) is 17.1 Å². The Kier molecular flexibility index (Phi) is 5.63. The molecular formula is C18H21NO5. The van der Waals surface area contributed by atoms with Crippen LogP contribution < -0.4 is 10.1 Å². The zero-order valence-corrected chi connectivity index (χ0v) is 14.0. The van der Waals surface area contributed by atoms with E-state index in [4.69, 9.17) is 14.3 Å². The van der Waals surface area contributed by atoms with Crippen molar-refractivity contribution < 1.29 is 23.8 Å². The van der Waals surface area contributed by atoms with Crippen molar-refractivity contribution in [3.8, 4) is 5.75 Å². The van der Waals surface area contributed by atoms with E-state index < -0.39 is 11.9 Å². The summed E-state index contributed by atoms with van der Waals surface area (Å²) in [6.45, 7) is 6.24. The molecule has 6 heteroatoms. The molecule has 0 fully saturated rings. The molecule has 1 aromatic heterocycles. The van der Waals surface area contributed by atoms with Gasteiger partial charge in [-0.25, -0.2) is 4.79 Å². The van der Waals surface area contributed by atoms with Gasteiger partial charge in [0.25, 0.3) is 5.91 Å². The molecule has 0 radical (unpaired) electrons. The number of hydrogen-bond acceptors (Lipinski definition) is 4. The van der Waals surface area contributed by atoms with Crippen LogP contribution in [0.5, 0.6) is 5.75 Å². The minimum Gasteiger partial charge on any atom is -0.491 e. The van der Waals surface area contributed by atoms with Gasteiger partial charge in [-0.15, -0.1) is 0 Å². The lowest BCUT2D eigenvalue weighted by atomic mass is 10.2. The van der Waals surface area contributed by atoms with Crippen LogP contribution in [0.4, 0.5) is 5.69 Å². The normalized spacial score (nSPS) is 10.5.